The van der Waals surface area contributed by atoms with Crippen LogP contribution >= 0.6 is 0 Å². The van der Waals surface area contributed by atoms with Crippen molar-refractivity contribution >= 4 is 5.97 Å². The average molecular weight is 466 g/mol. The van der Waals surface area contributed by atoms with Gasteiger partial charge in [0.2, 0.25) is 0 Å². The molecule has 2 aliphatic carbocycles. The summed E-state index contributed by atoms with van der Waals surface area (Å²) in [4.78, 5) is 11.3. The van der Waals surface area contributed by atoms with Gasteiger partial charge in [0, 0.05) is 29.1 Å². The number of fused-ring (bicyclic) bond motifs is 4. The molecule has 5 atom stereocenters. The molecule has 3 aliphatic rings. The first kappa shape index (κ1) is 23.3. The molecule has 5 rings (SSSR count). The van der Waals surface area contributed by atoms with E-state index in [4.69, 9.17) is 9.47 Å². The highest BCUT2D eigenvalue weighted by Crippen LogP contribution is 2.59. The van der Waals surface area contributed by atoms with Gasteiger partial charge in [-0.2, -0.15) is 0 Å². The lowest BCUT2D eigenvalue weighted by Gasteiger charge is -2.31. The third kappa shape index (κ3) is 4.59. The van der Waals surface area contributed by atoms with E-state index in [2.05, 4.69) is 43.4 Å². The minimum atomic E-state index is -0.800. The number of carboxylic acid groups (broad SMARTS) is 1. The van der Waals surface area contributed by atoms with Crippen LogP contribution < -0.4 is 10.1 Å². The maximum absolute atomic E-state index is 11.3. The van der Waals surface area contributed by atoms with Crippen molar-refractivity contribution in [2.75, 3.05) is 13.2 Å². The van der Waals surface area contributed by atoms with E-state index in [1.165, 1.54) is 11.1 Å². The fraction of sp³-hybridized carbons (Fsp3) is 0.536. The number of carbonyl (C=O) groups is 1. The minimum Gasteiger partial charge on any atom is -0.488 e. The predicted octanol–water partition coefficient (Wildman–Crippen LogP) is 3.86. The number of β-amino-alcohol motifs (C(OH)–C–C–N with tert-alkyl or cyclic N) is 1. The molecule has 1 heterocycles. The number of aliphatic carboxylic acids is 1. The van der Waals surface area contributed by atoms with E-state index in [1.54, 1.807) is 0 Å². The number of ether oxygens (including phenoxy) is 2. The van der Waals surface area contributed by atoms with E-state index in [0.29, 0.717) is 12.5 Å². The number of hydrogen-bond acceptors (Lipinski definition) is 5. The van der Waals surface area contributed by atoms with Gasteiger partial charge < -0.3 is 25.0 Å². The molecule has 34 heavy (non-hydrogen) atoms. The van der Waals surface area contributed by atoms with Gasteiger partial charge in [-0.05, 0) is 57.1 Å². The summed E-state index contributed by atoms with van der Waals surface area (Å²) in [6.07, 6.45) is 2.18. The third-order valence-electron chi connectivity index (χ3n) is 7.66. The normalized spacial score (nSPS) is 24.6. The van der Waals surface area contributed by atoms with Crippen molar-refractivity contribution in [2.24, 2.45) is 11.8 Å². The van der Waals surface area contributed by atoms with Crippen LogP contribution in [-0.2, 0) is 22.4 Å². The fourth-order valence-corrected chi connectivity index (χ4v) is 5.91. The molecule has 6 heteroatoms. The van der Waals surface area contributed by atoms with Gasteiger partial charge in [0.15, 0.2) is 0 Å². The standard InChI is InChI=1S/C28H35NO5/c1-16(21-9-6-10-22-23-24(27(31)32)26(23)34-25(21)22)33-15-20(30)14-29-28(2,3)13-17-11-18-7-4-5-8-19(18)12-17/h4-10,16-17,20,23-24,26,29-30H,11-15H2,1-3H3,(H,31,32)/t16?,20-,23+,24+,26+/m1/s1. The van der Waals surface area contributed by atoms with Gasteiger partial charge in [-0.25, -0.2) is 0 Å². The lowest BCUT2D eigenvalue weighted by molar-refractivity contribution is -0.139. The molecule has 0 aromatic heterocycles. The van der Waals surface area contributed by atoms with E-state index < -0.39 is 18.0 Å². The summed E-state index contributed by atoms with van der Waals surface area (Å²) in [6, 6.07) is 14.5. The second kappa shape index (κ2) is 8.99. The Labute approximate surface area is 201 Å². The molecule has 1 saturated carbocycles. The first-order chi connectivity index (χ1) is 16.2. The molecule has 1 unspecified atom stereocenters. The van der Waals surface area contributed by atoms with Crippen LogP contribution in [-0.4, -0.2) is 47.1 Å². The number of benzene rings is 2. The van der Waals surface area contributed by atoms with Crippen molar-refractivity contribution in [1.29, 1.82) is 0 Å². The average Bonchev–Trinajstić information content (AvgIpc) is 3.16. The van der Waals surface area contributed by atoms with Crippen LogP contribution in [0.25, 0.3) is 0 Å². The summed E-state index contributed by atoms with van der Waals surface area (Å²) in [5.41, 5.74) is 4.74. The van der Waals surface area contributed by atoms with Crippen LogP contribution in [0.1, 0.15) is 61.5 Å². The zero-order valence-electron chi connectivity index (χ0n) is 20.2. The van der Waals surface area contributed by atoms with Crippen LogP contribution in [0.5, 0.6) is 5.75 Å². The summed E-state index contributed by atoms with van der Waals surface area (Å²) in [5.74, 6) is 0.0959. The van der Waals surface area contributed by atoms with E-state index in [-0.39, 0.29) is 30.3 Å². The number of hydrogen-bond donors (Lipinski definition) is 3. The lowest BCUT2D eigenvalue weighted by Crippen LogP contribution is -2.45. The summed E-state index contributed by atoms with van der Waals surface area (Å²) in [5, 5.41) is 23.4. The molecule has 0 saturated heterocycles. The predicted molar refractivity (Wildman–Crippen MR) is 129 cm³/mol. The van der Waals surface area contributed by atoms with E-state index in [0.717, 1.165) is 36.1 Å². The molecule has 0 amide bonds. The summed E-state index contributed by atoms with van der Waals surface area (Å²) in [7, 11) is 0. The molecule has 6 nitrogen and oxygen atoms in total. The van der Waals surface area contributed by atoms with Crippen LogP contribution in [0, 0.1) is 11.8 Å². The van der Waals surface area contributed by atoms with Gasteiger partial charge in [-0.3, -0.25) is 4.79 Å². The quantitative estimate of drug-likeness (QED) is 0.494. The zero-order chi connectivity index (χ0) is 24.0. The van der Waals surface area contributed by atoms with Crippen LogP contribution in [0.2, 0.25) is 0 Å². The molecular weight excluding hydrogens is 430 g/mol. The monoisotopic (exact) mass is 465 g/mol. The maximum atomic E-state index is 11.3. The molecule has 1 aliphatic heterocycles. The Morgan fingerprint density at radius 3 is 2.56 bits per heavy atom. The van der Waals surface area contributed by atoms with Crippen LogP contribution in [0.3, 0.4) is 0 Å². The second-order valence-corrected chi connectivity index (χ2v) is 10.9. The highest BCUT2D eigenvalue weighted by molar-refractivity contribution is 5.79. The first-order valence-electron chi connectivity index (χ1n) is 12.4. The van der Waals surface area contributed by atoms with Crippen LogP contribution in [0.4, 0.5) is 0 Å². The number of para-hydroxylation sites is 1. The van der Waals surface area contributed by atoms with Gasteiger partial charge in [0.25, 0.3) is 0 Å². The van der Waals surface area contributed by atoms with Gasteiger partial charge >= 0.3 is 5.97 Å². The minimum absolute atomic E-state index is 0.0515. The van der Waals surface area contributed by atoms with Crippen molar-refractivity contribution in [3.8, 4) is 5.75 Å². The molecule has 2 aromatic carbocycles. The highest BCUT2D eigenvalue weighted by atomic mass is 16.5. The molecule has 2 aromatic rings. The fourth-order valence-electron chi connectivity index (χ4n) is 5.91. The maximum Gasteiger partial charge on any atom is 0.311 e. The first-order valence-corrected chi connectivity index (χ1v) is 12.4. The van der Waals surface area contributed by atoms with Gasteiger partial charge in [0.1, 0.15) is 17.8 Å². The van der Waals surface area contributed by atoms with Crippen LogP contribution in [0.15, 0.2) is 42.5 Å². The molecule has 1 fully saturated rings. The van der Waals surface area contributed by atoms with E-state index in [9.17, 15) is 15.0 Å². The second-order valence-electron chi connectivity index (χ2n) is 10.9. The Morgan fingerprint density at radius 2 is 1.88 bits per heavy atom. The van der Waals surface area contributed by atoms with Crippen molar-refractivity contribution in [2.45, 2.75) is 69.8 Å². The Balaban J connectivity index is 1.09. The SMILES string of the molecule is CC(OC[C@H](O)CNC(C)(C)CC1Cc2ccccc2C1)c1cccc2c1O[C@@H]1[C@@H](C(=O)O)[C@H]21. The van der Waals surface area contributed by atoms with Crippen molar-refractivity contribution < 1.29 is 24.5 Å². The van der Waals surface area contributed by atoms with Crippen molar-refractivity contribution in [3.63, 3.8) is 0 Å². The summed E-state index contributed by atoms with van der Waals surface area (Å²) in [6.45, 7) is 7.03. The van der Waals surface area contributed by atoms with Crippen molar-refractivity contribution in [3.05, 3.63) is 64.7 Å². The third-order valence-corrected chi connectivity index (χ3v) is 7.66. The van der Waals surface area contributed by atoms with Crippen molar-refractivity contribution in [1.82, 2.24) is 5.32 Å². The molecule has 3 N–H and O–H groups in total. The topological polar surface area (TPSA) is 88.0 Å². The molecule has 0 bridgehead atoms. The largest absolute Gasteiger partial charge is 0.488 e. The Morgan fingerprint density at radius 1 is 1.18 bits per heavy atom. The summed E-state index contributed by atoms with van der Waals surface area (Å²) < 4.78 is 12.0. The highest BCUT2D eigenvalue weighted by Gasteiger charge is 2.63. The van der Waals surface area contributed by atoms with Gasteiger partial charge in [0.05, 0.1) is 18.8 Å². The molecule has 0 spiro atoms. The smallest absolute Gasteiger partial charge is 0.311 e. The number of rotatable bonds is 10. The number of nitrogens with one attached hydrogen (secondary N) is 1. The zero-order valence-corrected chi connectivity index (χ0v) is 20.2. The Kier molecular flexibility index (Phi) is 6.17. The molecule has 182 valence electrons. The van der Waals surface area contributed by atoms with E-state index in [1.807, 2.05) is 25.1 Å². The number of aliphatic hydroxyl groups excluding tert-OH is 1. The number of carboxylic acids is 1. The molecule has 0 radical (unpaired) electrons. The van der Waals surface area contributed by atoms with E-state index >= 15 is 0 Å². The number of aliphatic hydroxyl groups is 1. The Hall–Kier alpha value is -2.41. The van der Waals surface area contributed by atoms with Gasteiger partial charge in [-0.15, -0.1) is 0 Å². The van der Waals surface area contributed by atoms with Gasteiger partial charge in [-0.1, -0.05) is 42.5 Å². The lowest BCUT2D eigenvalue weighted by atomic mass is 9.88. The Bertz CT molecular complexity index is 1040. The molecular formula is C28H35NO5. The summed E-state index contributed by atoms with van der Waals surface area (Å²) >= 11 is 0.